The van der Waals surface area contributed by atoms with Gasteiger partial charge in [0.25, 0.3) is 0 Å². The minimum atomic E-state index is 0.334. The van der Waals surface area contributed by atoms with Crippen molar-refractivity contribution in [1.82, 2.24) is 9.88 Å². The Bertz CT molecular complexity index is 400. The summed E-state index contributed by atoms with van der Waals surface area (Å²) in [5.74, 6) is 0.701. The molecule has 1 aliphatic rings. The van der Waals surface area contributed by atoms with E-state index >= 15 is 0 Å². The van der Waals surface area contributed by atoms with Crippen LogP contribution in [0, 0.1) is 0 Å². The number of ether oxygens (including phenoxy) is 2. The monoisotopic (exact) mass is 265 g/mol. The molecular weight excluding hydrogens is 242 g/mol. The normalized spacial score (nSPS) is 24.4. The lowest BCUT2D eigenvalue weighted by Gasteiger charge is -2.38. The van der Waals surface area contributed by atoms with Crippen LogP contribution in [0.1, 0.15) is 18.4 Å². The molecule has 0 aromatic carbocycles. The quantitative estimate of drug-likeness (QED) is 0.861. The topological polar surface area (TPSA) is 60.6 Å². The van der Waals surface area contributed by atoms with E-state index in [2.05, 4.69) is 16.0 Å². The van der Waals surface area contributed by atoms with E-state index in [-0.39, 0.29) is 0 Å². The van der Waals surface area contributed by atoms with E-state index < -0.39 is 0 Å². The number of pyridine rings is 1. The highest BCUT2D eigenvalue weighted by Crippen LogP contribution is 2.23. The van der Waals surface area contributed by atoms with Crippen LogP contribution in [0.25, 0.3) is 0 Å². The summed E-state index contributed by atoms with van der Waals surface area (Å²) in [7, 11) is 3.43. The van der Waals surface area contributed by atoms with Crippen LogP contribution in [0.15, 0.2) is 18.3 Å². The molecule has 2 atom stereocenters. The summed E-state index contributed by atoms with van der Waals surface area (Å²) in [6, 6.07) is 4.36. The van der Waals surface area contributed by atoms with E-state index in [1.54, 1.807) is 20.4 Å². The Morgan fingerprint density at radius 2 is 2.32 bits per heavy atom. The second-order valence-electron chi connectivity index (χ2n) is 4.91. The molecular formula is C14H23N3O2. The number of aromatic nitrogens is 1. The first-order chi connectivity index (χ1) is 9.28. The van der Waals surface area contributed by atoms with Gasteiger partial charge in [-0.15, -0.1) is 0 Å². The van der Waals surface area contributed by atoms with Gasteiger partial charge in [-0.3, -0.25) is 4.90 Å². The summed E-state index contributed by atoms with van der Waals surface area (Å²) in [4.78, 5) is 6.64. The molecule has 5 nitrogen and oxygen atoms in total. The van der Waals surface area contributed by atoms with Gasteiger partial charge in [0.15, 0.2) is 0 Å². The molecule has 2 N–H and O–H groups in total. The smallest absolute Gasteiger partial charge is 0.217 e. The van der Waals surface area contributed by atoms with Gasteiger partial charge in [-0.25, -0.2) is 4.98 Å². The molecule has 2 unspecified atom stereocenters. The van der Waals surface area contributed by atoms with E-state index in [4.69, 9.17) is 15.2 Å². The lowest BCUT2D eigenvalue weighted by molar-refractivity contribution is 0.00994. The van der Waals surface area contributed by atoms with E-state index in [0.29, 0.717) is 24.6 Å². The van der Waals surface area contributed by atoms with Crippen LogP contribution in [0.5, 0.6) is 5.88 Å². The summed E-state index contributed by atoms with van der Waals surface area (Å²) in [6.07, 6.45) is 4.13. The molecule has 1 aromatic heterocycles. The van der Waals surface area contributed by atoms with Gasteiger partial charge < -0.3 is 15.2 Å². The van der Waals surface area contributed by atoms with Crippen molar-refractivity contribution in [2.75, 3.05) is 27.3 Å². The van der Waals surface area contributed by atoms with Gasteiger partial charge in [0.1, 0.15) is 0 Å². The predicted molar refractivity (Wildman–Crippen MR) is 74.1 cm³/mol. The van der Waals surface area contributed by atoms with Crippen molar-refractivity contribution >= 4 is 0 Å². The van der Waals surface area contributed by atoms with Gasteiger partial charge in [0.05, 0.1) is 13.2 Å². The van der Waals surface area contributed by atoms with Gasteiger partial charge in [-0.2, -0.15) is 0 Å². The van der Waals surface area contributed by atoms with Crippen LogP contribution in [-0.4, -0.2) is 49.3 Å². The number of hydrogen-bond acceptors (Lipinski definition) is 5. The standard InChI is InChI=1S/C14H23N3O2/c1-18-13-5-7-17(12(8-13)9-15)10-11-4-3-6-16-14(11)19-2/h3-4,6,12-13H,5,7-10,15H2,1-2H3. The number of likely N-dealkylation sites (tertiary alicyclic amines) is 1. The number of nitrogens with zero attached hydrogens (tertiary/aromatic N) is 2. The fourth-order valence-corrected chi connectivity index (χ4v) is 2.68. The summed E-state index contributed by atoms with van der Waals surface area (Å²) < 4.78 is 10.8. The Hall–Kier alpha value is -1.17. The molecule has 2 heterocycles. The van der Waals surface area contributed by atoms with Crippen molar-refractivity contribution in [3.63, 3.8) is 0 Å². The molecule has 0 amide bonds. The van der Waals surface area contributed by atoms with Crippen molar-refractivity contribution in [3.05, 3.63) is 23.9 Å². The molecule has 1 fully saturated rings. The van der Waals surface area contributed by atoms with E-state index in [1.807, 2.05) is 6.07 Å². The minimum absolute atomic E-state index is 0.334. The first-order valence-corrected chi connectivity index (χ1v) is 6.73. The number of nitrogens with two attached hydrogens (primary N) is 1. The van der Waals surface area contributed by atoms with Crippen LogP contribution >= 0.6 is 0 Å². The molecule has 106 valence electrons. The Kier molecular flexibility index (Phi) is 5.13. The second-order valence-corrected chi connectivity index (χ2v) is 4.91. The van der Waals surface area contributed by atoms with E-state index in [9.17, 15) is 0 Å². The summed E-state index contributed by atoms with van der Waals surface area (Å²) >= 11 is 0. The molecule has 0 radical (unpaired) electrons. The van der Waals surface area contributed by atoms with Crippen LogP contribution < -0.4 is 10.5 Å². The highest BCUT2D eigenvalue weighted by atomic mass is 16.5. The summed E-state index contributed by atoms with van der Waals surface area (Å²) in [6.45, 7) is 2.48. The first-order valence-electron chi connectivity index (χ1n) is 6.73. The zero-order chi connectivity index (χ0) is 13.7. The van der Waals surface area contributed by atoms with Gasteiger partial charge in [-0.05, 0) is 18.9 Å². The molecule has 0 saturated carbocycles. The van der Waals surface area contributed by atoms with Crippen LogP contribution in [0.3, 0.4) is 0 Å². The fourth-order valence-electron chi connectivity index (χ4n) is 2.68. The van der Waals surface area contributed by atoms with Crippen molar-refractivity contribution in [2.24, 2.45) is 5.73 Å². The molecule has 5 heteroatoms. The zero-order valence-electron chi connectivity index (χ0n) is 11.7. The molecule has 1 saturated heterocycles. The molecule has 0 spiro atoms. The van der Waals surface area contributed by atoms with Gasteiger partial charge >= 0.3 is 0 Å². The molecule has 2 rings (SSSR count). The Labute approximate surface area is 114 Å². The van der Waals surface area contributed by atoms with E-state index in [1.165, 1.54) is 0 Å². The van der Waals surface area contributed by atoms with Gasteiger partial charge in [-0.1, -0.05) is 6.07 Å². The Morgan fingerprint density at radius 3 is 3.00 bits per heavy atom. The van der Waals surface area contributed by atoms with Crippen molar-refractivity contribution in [2.45, 2.75) is 31.5 Å². The molecule has 19 heavy (non-hydrogen) atoms. The van der Waals surface area contributed by atoms with Crippen LogP contribution in [0.2, 0.25) is 0 Å². The van der Waals surface area contributed by atoms with Crippen LogP contribution in [-0.2, 0) is 11.3 Å². The van der Waals surface area contributed by atoms with Gasteiger partial charge in [0, 0.05) is 44.5 Å². The molecule has 1 aliphatic heterocycles. The third-order valence-corrected chi connectivity index (χ3v) is 3.81. The van der Waals surface area contributed by atoms with Crippen molar-refractivity contribution in [1.29, 1.82) is 0 Å². The largest absolute Gasteiger partial charge is 0.481 e. The Morgan fingerprint density at radius 1 is 1.47 bits per heavy atom. The third kappa shape index (κ3) is 3.43. The maximum Gasteiger partial charge on any atom is 0.217 e. The third-order valence-electron chi connectivity index (χ3n) is 3.81. The lowest BCUT2D eigenvalue weighted by atomic mass is 9.98. The average Bonchev–Trinajstić information content (AvgIpc) is 2.48. The minimum Gasteiger partial charge on any atom is -0.481 e. The fraction of sp³-hybridized carbons (Fsp3) is 0.643. The SMILES string of the molecule is COc1ncccc1CN1CCC(OC)CC1CN. The highest BCUT2D eigenvalue weighted by Gasteiger charge is 2.28. The Balaban J connectivity index is 2.05. The number of methoxy groups -OCH3 is 2. The maximum atomic E-state index is 5.89. The van der Waals surface area contributed by atoms with Crippen LogP contribution in [0.4, 0.5) is 0 Å². The van der Waals surface area contributed by atoms with Crippen molar-refractivity contribution in [3.8, 4) is 5.88 Å². The molecule has 0 aliphatic carbocycles. The van der Waals surface area contributed by atoms with Crippen molar-refractivity contribution < 1.29 is 9.47 Å². The number of rotatable bonds is 5. The highest BCUT2D eigenvalue weighted by molar-refractivity contribution is 5.25. The average molecular weight is 265 g/mol. The van der Waals surface area contributed by atoms with E-state index in [0.717, 1.165) is 31.5 Å². The number of hydrogen-bond donors (Lipinski definition) is 1. The predicted octanol–water partition coefficient (Wildman–Crippen LogP) is 1.03. The van der Waals surface area contributed by atoms with Gasteiger partial charge in [0.2, 0.25) is 5.88 Å². The first kappa shape index (κ1) is 14.2. The lowest BCUT2D eigenvalue weighted by Crippen LogP contribution is -2.48. The summed E-state index contributed by atoms with van der Waals surface area (Å²) in [5.41, 5.74) is 7.00. The molecule has 0 bridgehead atoms. The maximum absolute atomic E-state index is 5.89. The second kappa shape index (κ2) is 6.84. The zero-order valence-corrected chi connectivity index (χ0v) is 11.7. The number of piperidine rings is 1. The summed E-state index contributed by atoms with van der Waals surface area (Å²) in [5, 5.41) is 0. The molecule has 1 aromatic rings.